The van der Waals surface area contributed by atoms with Gasteiger partial charge in [-0.25, -0.2) is 8.42 Å². The minimum Gasteiger partial charge on any atom is -0.491 e. The van der Waals surface area contributed by atoms with Crippen molar-refractivity contribution in [2.75, 3.05) is 26.2 Å². The Morgan fingerprint density at radius 1 is 1.06 bits per heavy atom. The highest BCUT2D eigenvalue weighted by atomic mass is 32.2. The number of hydrogen-bond donors (Lipinski definition) is 1. The molecule has 0 unspecified atom stereocenters. The number of nitrogens with one attached hydrogen (secondary N) is 1. The molecule has 1 aliphatic rings. The number of para-hydroxylation sites is 1. The summed E-state index contributed by atoms with van der Waals surface area (Å²) in [6, 6.07) is 12.8. The third-order valence-corrected chi connectivity index (χ3v) is 7.86. The van der Waals surface area contributed by atoms with E-state index in [9.17, 15) is 13.2 Å². The van der Waals surface area contributed by atoms with Crippen LogP contribution in [0.4, 0.5) is 0 Å². The van der Waals surface area contributed by atoms with Gasteiger partial charge in [-0.2, -0.15) is 4.31 Å². The molecular weight excluding hydrogens is 424 g/mol. The molecule has 1 aliphatic heterocycles. The van der Waals surface area contributed by atoms with Crippen molar-refractivity contribution in [1.82, 2.24) is 9.62 Å². The summed E-state index contributed by atoms with van der Waals surface area (Å²) in [7, 11) is -3.62. The van der Waals surface area contributed by atoms with Crippen molar-refractivity contribution in [3.8, 4) is 5.75 Å². The van der Waals surface area contributed by atoms with Crippen LogP contribution in [-0.2, 0) is 10.0 Å². The van der Waals surface area contributed by atoms with Crippen molar-refractivity contribution < 1.29 is 17.9 Å². The van der Waals surface area contributed by atoms with E-state index < -0.39 is 10.0 Å². The summed E-state index contributed by atoms with van der Waals surface area (Å²) in [4.78, 5) is 12.9. The summed E-state index contributed by atoms with van der Waals surface area (Å²) >= 11 is 0. The van der Waals surface area contributed by atoms with Crippen LogP contribution in [0.15, 0.2) is 47.4 Å². The molecule has 0 spiro atoms. The van der Waals surface area contributed by atoms with E-state index in [0.29, 0.717) is 43.3 Å². The fraction of sp³-hybridized carbons (Fsp3) is 0.480. The fourth-order valence-electron chi connectivity index (χ4n) is 3.96. The number of aryl methyl sites for hydroxylation is 1. The highest BCUT2D eigenvalue weighted by Crippen LogP contribution is 2.26. The van der Waals surface area contributed by atoms with Crippen LogP contribution in [0.2, 0.25) is 0 Å². The first-order chi connectivity index (χ1) is 15.3. The van der Waals surface area contributed by atoms with Crippen molar-refractivity contribution in [3.05, 3.63) is 59.2 Å². The maximum Gasteiger partial charge on any atom is 0.251 e. The lowest BCUT2D eigenvalue weighted by molar-refractivity contribution is 0.0946. The molecular formula is C25H34N2O4S. The first-order valence-electron chi connectivity index (χ1n) is 11.4. The summed E-state index contributed by atoms with van der Waals surface area (Å²) in [5, 5.41) is 2.83. The van der Waals surface area contributed by atoms with Gasteiger partial charge in [0.25, 0.3) is 5.91 Å². The molecule has 1 saturated heterocycles. The second kappa shape index (κ2) is 11.0. The third kappa shape index (κ3) is 5.90. The molecule has 6 nitrogen and oxygen atoms in total. The average molecular weight is 459 g/mol. The van der Waals surface area contributed by atoms with Gasteiger partial charge in [0, 0.05) is 18.7 Å². The summed E-state index contributed by atoms with van der Waals surface area (Å²) in [6.45, 7) is 7.72. The van der Waals surface area contributed by atoms with Crippen molar-refractivity contribution in [2.45, 2.75) is 57.3 Å². The van der Waals surface area contributed by atoms with Crippen molar-refractivity contribution in [2.24, 2.45) is 0 Å². The third-order valence-electron chi connectivity index (χ3n) is 5.82. The second-order valence-corrected chi connectivity index (χ2v) is 10.5. The Morgan fingerprint density at radius 3 is 2.44 bits per heavy atom. The lowest BCUT2D eigenvalue weighted by Crippen LogP contribution is -2.33. The van der Waals surface area contributed by atoms with Crippen LogP contribution in [0.1, 0.15) is 66.9 Å². The number of hydrogen-bond acceptors (Lipinski definition) is 4. The number of benzene rings is 2. The Morgan fingerprint density at radius 2 is 1.75 bits per heavy atom. The molecule has 2 aromatic rings. The molecule has 174 valence electrons. The van der Waals surface area contributed by atoms with Crippen LogP contribution in [0.5, 0.6) is 5.75 Å². The Bertz CT molecular complexity index is 1030. The smallest absolute Gasteiger partial charge is 0.251 e. The molecule has 0 aliphatic carbocycles. The molecule has 0 bridgehead atoms. The second-order valence-electron chi connectivity index (χ2n) is 8.60. The van der Waals surface area contributed by atoms with Gasteiger partial charge in [0.15, 0.2) is 0 Å². The maximum atomic E-state index is 13.2. The molecule has 1 fully saturated rings. The topological polar surface area (TPSA) is 75.7 Å². The maximum absolute atomic E-state index is 13.2. The lowest BCUT2D eigenvalue weighted by Gasteiger charge is -2.21. The zero-order valence-corrected chi connectivity index (χ0v) is 20.1. The van der Waals surface area contributed by atoms with Gasteiger partial charge in [-0.1, -0.05) is 51.0 Å². The number of amides is 1. The zero-order chi connectivity index (χ0) is 23.1. The van der Waals surface area contributed by atoms with Gasteiger partial charge in [0.05, 0.1) is 11.4 Å². The summed E-state index contributed by atoms with van der Waals surface area (Å²) in [5.41, 5.74) is 2.12. The highest BCUT2D eigenvalue weighted by molar-refractivity contribution is 7.89. The van der Waals surface area contributed by atoms with Gasteiger partial charge in [0.2, 0.25) is 10.0 Å². The number of rotatable bonds is 8. The Balaban J connectivity index is 1.64. The van der Waals surface area contributed by atoms with E-state index in [1.165, 1.54) is 6.07 Å². The van der Waals surface area contributed by atoms with Crippen molar-refractivity contribution in [3.63, 3.8) is 0 Å². The van der Waals surface area contributed by atoms with E-state index in [-0.39, 0.29) is 10.8 Å². The Hall–Kier alpha value is -2.38. The molecule has 32 heavy (non-hydrogen) atoms. The van der Waals surface area contributed by atoms with E-state index in [1.54, 1.807) is 23.4 Å². The van der Waals surface area contributed by atoms with Crippen LogP contribution in [0, 0.1) is 6.92 Å². The fourth-order valence-corrected chi connectivity index (χ4v) is 5.72. The van der Waals surface area contributed by atoms with E-state index in [4.69, 9.17) is 4.74 Å². The highest BCUT2D eigenvalue weighted by Gasteiger charge is 2.27. The van der Waals surface area contributed by atoms with Crippen LogP contribution in [0.25, 0.3) is 0 Å². The van der Waals surface area contributed by atoms with Gasteiger partial charge in [0.1, 0.15) is 12.4 Å². The van der Waals surface area contributed by atoms with Gasteiger partial charge in [-0.15, -0.1) is 0 Å². The molecule has 0 aromatic heterocycles. The summed E-state index contributed by atoms with van der Waals surface area (Å²) in [6.07, 6.45) is 3.85. The predicted octanol–water partition coefficient (Wildman–Crippen LogP) is 4.49. The van der Waals surface area contributed by atoms with Crippen LogP contribution >= 0.6 is 0 Å². The number of sulfonamides is 1. The minimum absolute atomic E-state index is 0.217. The number of ether oxygens (including phenoxy) is 1. The molecule has 0 radical (unpaired) electrons. The molecule has 7 heteroatoms. The molecule has 1 N–H and O–H groups in total. The molecule has 1 heterocycles. The molecule has 1 amide bonds. The van der Waals surface area contributed by atoms with Crippen LogP contribution in [0.3, 0.4) is 0 Å². The summed E-state index contributed by atoms with van der Waals surface area (Å²) in [5.74, 6) is 0.855. The van der Waals surface area contributed by atoms with Crippen LogP contribution in [-0.4, -0.2) is 44.9 Å². The average Bonchev–Trinajstić information content (AvgIpc) is 3.07. The van der Waals surface area contributed by atoms with Gasteiger partial charge in [-0.3, -0.25) is 4.79 Å². The predicted molar refractivity (Wildman–Crippen MR) is 127 cm³/mol. The lowest BCUT2D eigenvalue weighted by atomic mass is 10.0. The van der Waals surface area contributed by atoms with Gasteiger partial charge in [-0.05, 0) is 55.0 Å². The number of carbonyl (C=O) groups is 1. The van der Waals surface area contributed by atoms with E-state index in [0.717, 1.165) is 37.0 Å². The summed E-state index contributed by atoms with van der Waals surface area (Å²) < 4.78 is 33.8. The zero-order valence-electron chi connectivity index (χ0n) is 19.3. The van der Waals surface area contributed by atoms with E-state index >= 15 is 0 Å². The monoisotopic (exact) mass is 458 g/mol. The SMILES string of the molecule is Cc1ccc(C(=O)NCCOc2ccccc2C(C)C)cc1S(=O)(=O)N1CCCCCC1. The minimum atomic E-state index is -3.62. The van der Waals surface area contributed by atoms with Crippen molar-refractivity contribution in [1.29, 1.82) is 0 Å². The molecule has 3 rings (SSSR count). The normalized spacial score (nSPS) is 15.4. The Labute approximate surface area is 192 Å². The van der Waals surface area contributed by atoms with Gasteiger partial charge < -0.3 is 10.1 Å². The quantitative estimate of drug-likeness (QED) is 0.592. The first-order valence-corrected chi connectivity index (χ1v) is 12.9. The largest absolute Gasteiger partial charge is 0.491 e. The molecule has 2 aromatic carbocycles. The molecule has 0 atom stereocenters. The Kier molecular flexibility index (Phi) is 8.32. The standard InChI is InChI=1S/C25H34N2O4S/c1-19(2)22-10-6-7-11-23(22)31-17-14-26-25(28)21-13-12-20(3)24(18-21)32(29,30)27-15-8-4-5-9-16-27/h6-7,10-13,18-19H,4-5,8-9,14-17H2,1-3H3,(H,26,28). The van der Waals surface area contributed by atoms with Crippen molar-refractivity contribution >= 4 is 15.9 Å². The van der Waals surface area contributed by atoms with Gasteiger partial charge >= 0.3 is 0 Å². The molecule has 0 saturated carbocycles. The van der Waals surface area contributed by atoms with E-state index in [2.05, 4.69) is 19.2 Å². The number of nitrogens with zero attached hydrogens (tertiary/aromatic N) is 1. The van der Waals surface area contributed by atoms with Crippen LogP contribution < -0.4 is 10.1 Å². The first kappa shape index (κ1) is 24.3. The number of carbonyl (C=O) groups excluding carboxylic acids is 1. The van der Waals surface area contributed by atoms with E-state index in [1.807, 2.05) is 24.3 Å².